The van der Waals surface area contributed by atoms with Gasteiger partial charge in [-0.3, -0.25) is 0 Å². The maximum absolute atomic E-state index is 13.3. The minimum absolute atomic E-state index is 0. The predicted octanol–water partition coefficient (Wildman–Crippen LogP) is 4.21. The molecule has 6 nitrogen and oxygen atoms in total. The zero-order valence-electron chi connectivity index (χ0n) is 17.8. The van der Waals surface area contributed by atoms with E-state index in [0.717, 1.165) is 24.6 Å². The van der Waals surface area contributed by atoms with Crippen LogP contribution in [0, 0.1) is 5.82 Å². The van der Waals surface area contributed by atoms with Gasteiger partial charge in [0.2, 0.25) is 0 Å². The van der Waals surface area contributed by atoms with Crippen LogP contribution in [0.5, 0.6) is 5.75 Å². The number of ether oxygens (including phenoxy) is 1. The van der Waals surface area contributed by atoms with Crippen molar-refractivity contribution in [1.29, 1.82) is 0 Å². The molecular formula is C23H29FIN5O. The summed E-state index contributed by atoms with van der Waals surface area (Å²) in [6.45, 7) is 6.63. The van der Waals surface area contributed by atoms with Crippen LogP contribution in [0.2, 0.25) is 0 Å². The van der Waals surface area contributed by atoms with Crippen molar-refractivity contribution in [2.45, 2.75) is 33.0 Å². The fourth-order valence-corrected chi connectivity index (χ4v) is 2.91. The van der Waals surface area contributed by atoms with Crippen molar-refractivity contribution in [3.63, 3.8) is 0 Å². The van der Waals surface area contributed by atoms with Gasteiger partial charge < -0.3 is 19.9 Å². The summed E-state index contributed by atoms with van der Waals surface area (Å²) in [5, 5.41) is 6.51. The van der Waals surface area contributed by atoms with Gasteiger partial charge in [-0.05, 0) is 37.1 Å². The standard InChI is InChI=1S/C23H28FN5O.HI/c1-3-26-23(27-14-18(2)30-22-6-4-5-21(24)13-22)28-15-19-7-9-20(10-8-19)16-29-12-11-25-17-29;/h4-13,17-18H,3,14-16H2,1-2H3,(H2,26,27,28);1H. The van der Waals surface area contributed by atoms with Gasteiger partial charge in [0.1, 0.15) is 17.7 Å². The SMILES string of the molecule is CCNC(=NCc1ccc(Cn2ccnc2)cc1)NCC(C)Oc1cccc(F)c1.I. The van der Waals surface area contributed by atoms with Gasteiger partial charge in [-0.15, -0.1) is 24.0 Å². The molecule has 8 heteroatoms. The molecule has 0 aliphatic rings. The molecule has 0 aliphatic carbocycles. The van der Waals surface area contributed by atoms with Gasteiger partial charge in [-0.25, -0.2) is 14.4 Å². The molecule has 0 amide bonds. The van der Waals surface area contributed by atoms with Crippen LogP contribution >= 0.6 is 24.0 Å². The molecule has 1 atom stereocenters. The van der Waals surface area contributed by atoms with E-state index in [2.05, 4.69) is 44.9 Å². The molecule has 0 aliphatic heterocycles. The molecule has 2 aromatic carbocycles. The highest BCUT2D eigenvalue weighted by atomic mass is 127. The third kappa shape index (κ3) is 8.56. The van der Waals surface area contributed by atoms with Crippen LogP contribution in [0.25, 0.3) is 0 Å². The first kappa shape index (κ1) is 24.6. The molecule has 0 bridgehead atoms. The molecule has 1 unspecified atom stereocenters. The van der Waals surface area contributed by atoms with Crippen LogP contribution in [0.15, 0.2) is 72.2 Å². The molecule has 3 aromatic rings. The van der Waals surface area contributed by atoms with Gasteiger partial charge in [0.15, 0.2) is 5.96 Å². The van der Waals surface area contributed by atoms with E-state index in [1.54, 1.807) is 18.3 Å². The Bertz CT molecular complexity index is 931. The van der Waals surface area contributed by atoms with E-state index in [4.69, 9.17) is 4.74 Å². The van der Waals surface area contributed by atoms with Crippen molar-refractivity contribution in [2.24, 2.45) is 4.99 Å². The highest BCUT2D eigenvalue weighted by Crippen LogP contribution is 2.13. The van der Waals surface area contributed by atoms with Crippen molar-refractivity contribution in [1.82, 2.24) is 20.2 Å². The Balaban J connectivity index is 0.00000341. The van der Waals surface area contributed by atoms with Gasteiger partial charge in [-0.1, -0.05) is 30.3 Å². The third-order valence-corrected chi connectivity index (χ3v) is 4.40. The first-order valence-corrected chi connectivity index (χ1v) is 10.1. The molecular weight excluding hydrogens is 508 g/mol. The molecule has 166 valence electrons. The summed E-state index contributed by atoms with van der Waals surface area (Å²) < 4.78 is 21.1. The molecule has 0 fully saturated rings. The smallest absolute Gasteiger partial charge is 0.191 e. The number of aliphatic imine (C=N–C) groups is 1. The molecule has 2 N–H and O–H groups in total. The molecule has 31 heavy (non-hydrogen) atoms. The lowest BCUT2D eigenvalue weighted by Crippen LogP contribution is -2.41. The fraction of sp³-hybridized carbons (Fsp3) is 0.304. The zero-order valence-corrected chi connectivity index (χ0v) is 20.1. The van der Waals surface area contributed by atoms with Crippen LogP contribution in [0.1, 0.15) is 25.0 Å². The van der Waals surface area contributed by atoms with Gasteiger partial charge in [0.05, 0.1) is 19.4 Å². The minimum atomic E-state index is -0.307. The number of guanidine groups is 1. The van der Waals surface area contributed by atoms with E-state index < -0.39 is 0 Å². The lowest BCUT2D eigenvalue weighted by atomic mass is 10.1. The number of nitrogens with zero attached hydrogens (tertiary/aromatic N) is 3. The number of nitrogens with one attached hydrogen (secondary N) is 2. The average molecular weight is 537 g/mol. The van der Waals surface area contributed by atoms with Gasteiger partial charge >= 0.3 is 0 Å². The molecule has 3 rings (SSSR count). The Morgan fingerprint density at radius 1 is 1.16 bits per heavy atom. The van der Waals surface area contributed by atoms with Crippen LogP contribution in [-0.2, 0) is 13.1 Å². The van der Waals surface area contributed by atoms with E-state index in [9.17, 15) is 4.39 Å². The van der Waals surface area contributed by atoms with E-state index >= 15 is 0 Å². The Hall–Kier alpha value is -2.62. The highest BCUT2D eigenvalue weighted by molar-refractivity contribution is 14.0. The number of imidazole rings is 1. The Kier molecular flexibility index (Phi) is 10.3. The van der Waals surface area contributed by atoms with E-state index in [-0.39, 0.29) is 35.9 Å². The second-order valence-corrected chi connectivity index (χ2v) is 7.01. The lowest BCUT2D eigenvalue weighted by Gasteiger charge is -2.17. The molecule has 0 radical (unpaired) electrons. The number of benzene rings is 2. The summed E-state index contributed by atoms with van der Waals surface area (Å²) in [5.74, 6) is 0.926. The molecule has 0 spiro atoms. The number of hydrogen-bond donors (Lipinski definition) is 2. The summed E-state index contributed by atoms with van der Waals surface area (Å²) >= 11 is 0. The number of rotatable bonds is 9. The predicted molar refractivity (Wildman–Crippen MR) is 132 cm³/mol. The van der Waals surface area contributed by atoms with Gasteiger partial charge in [0, 0.05) is 31.5 Å². The normalized spacial score (nSPS) is 12.0. The highest BCUT2D eigenvalue weighted by Gasteiger charge is 2.06. The number of aromatic nitrogens is 2. The van der Waals surface area contributed by atoms with Gasteiger partial charge in [0.25, 0.3) is 0 Å². The molecule has 1 aromatic heterocycles. The molecule has 0 saturated carbocycles. The van der Waals surface area contributed by atoms with Crippen molar-refractivity contribution < 1.29 is 9.13 Å². The third-order valence-electron chi connectivity index (χ3n) is 4.40. The first-order valence-electron chi connectivity index (χ1n) is 10.1. The Morgan fingerprint density at radius 2 is 1.94 bits per heavy atom. The zero-order chi connectivity index (χ0) is 21.2. The molecule has 0 saturated heterocycles. The van der Waals surface area contributed by atoms with E-state index in [1.165, 1.54) is 17.7 Å². The monoisotopic (exact) mass is 537 g/mol. The van der Waals surface area contributed by atoms with Crippen molar-refractivity contribution in [3.05, 3.63) is 84.2 Å². The van der Waals surface area contributed by atoms with Crippen molar-refractivity contribution >= 4 is 29.9 Å². The number of halogens is 2. The summed E-state index contributed by atoms with van der Waals surface area (Å²) in [7, 11) is 0. The van der Waals surface area contributed by atoms with Crippen LogP contribution in [-0.4, -0.2) is 34.7 Å². The van der Waals surface area contributed by atoms with Gasteiger partial charge in [-0.2, -0.15) is 0 Å². The van der Waals surface area contributed by atoms with Crippen molar-refractivity contribution in [2.75, 3.05) is 13.1 Å². The van der Waals surface area contributed by atoms with E-state index in [0.29, 0.717) is 18.8 Å². The molecule has 1 heterocycles. The quantitative estimate of drug-likeness (QED) is 0.244. The summed E-state index contributed by atoms with van der Waals surface area (Å²) in [4.78, 5) is 8.71. The summed E-state index contributed by atoms with van der Waals surface area (Å²) in [6, 6.07) is 14.6. The summed E-state index contributed by atoms with van der Waals surface area (Å²) in [5.41, 5.74) is 2.35. The second-order valence-electron chi connectivity index (χ2n) is 7.01. The average Bonchev–Trinajstić information content (AvgIpc) is 3.24. The maximum Gasteiger partial charge on any atom is 0.191 e. The fourth-order valence-electron chi connectivity index (χ4n) is 2.91. The lowest BCUT2D eigenvalue weighted by molar-refractivity contribution is 0.223. The van der Waals surface area contributed by atoms with Crippen LogP contribution in [0.4, 0.5) is 4.39 Å². The van der Waals surface area contributed by atoms with Crippen LogP contribution < -0.4 is 15.4 Å². The van der Waals surface area contributed by atoms with Crippen LogP contribution in [0.3, 0.4) is 0 Å². The largest absolute Gasteiger partial charge is 0.489 e. The number of hydrogen-bond acceptors (Lipinski definition) is 3. The first-order chi connectivity index (χ1) is 14.6. The summed E-state index contributed by atoms with van der Waals surface area (Å²) in [6.07, 6.45) is 5.40. The van der Waals surface area contributed by atoms with E-state index in [1.807, 2.05) is 30.9 Å². The minimum Gasteiger partial charge on any atom is -0.489 e. The topological polar surface area (TPSA) is 63.5 Å². The second kappa shape index (κ2) is 12.9. The Morgan fingerprint density at radius 3 is 2.61 bits per heavy atom. The van der Waals surface area contributed by atoms with Crippen molar-refractivity contribution in [3.8, 4) is 5.75 Å². The maximum atomic E-state index is 13.3. The Labute approximate surface area is 200 Å².